The molecule has 0 aromatic heterocycles. The van der Waals surface area contributed by atoms with Gasteiger partial charge in [0.25, 0.3) is 0 Å². The number of hydrogen-bond donors (Lipinski definition) is 1. The molecule has 0 amide bonds. The largest absolute Gasteiger partial charge is 0.383 e. The molecule has 2 rings (SSSR count). The first kappa shape index (κ1) is 19.1. The summed E-state index contributed by atoms with van der Waals surface area (Å²) in [6.45, 7) is 7.90. The number of benzene rings is 1. The molecule has 1 heterocycles. The summed E-state index contributed by atoms with van der Waals surface area (Å²) in [6, 6.07) is 7.55. The van der Waals surface area contributed by atoms with Gasteiger partial charge in [-0.05, 0) is 51.0 Å². The van der Waals surface area contributed by atoms with E-state index in [2.05, 4.69) is 29.0 Å². The van der Waals surface area contributed by atoms with Gasteiger partial charge in [0.1, 0.15) is 5.82 Å². The van der Waals surface area contributed by atoms with Crippen molar-refractivity contribution in [3.05, 3.63) is 30.1 Å². The Morgan fingerprint density at radius 1 is 1.38 bits per heavy atom. The van der Waals surface area contributed by atoms with E-state index < -0.39 is 0 Å². The van der Waals surface area contributed by atoms with Crippen molar-refractivity contribution in [2.24, 2.45) is 0 Å². The maximum Gasteiger partial charge on any atom is 0.173 e. The van der Waals surface area contributed by atoms with Crippen LogP contribution >= 0.6 is 12.2 Å². The molecule has 1 fully saturated rings. The standard InChI is InChI=1S/C18H28FN3OS/c1-14(2)21-10-8-15(9-11-21)22(12-13-23-3)18(24)20-17-7-5-4-6-16(17)19/h4-7,14-15H,8-13H2,1-3H3,(H,20,24). The lowest BCUT2D eigenvalue weighted by Gasteiger charge is -2.41. The molecule has 1 aliphatic rings. The average Bonchev–Trinajstić information content (AvgIpc) is 2.58. The second kappa shape index (κ2) is 9.30. The van der Waals surface area contributed by atoms with E-state index in [1.165, 1.54) is 6.07 Å². The number of ether oxygens (including phenoxy) is 1. The van der Waals surface area contributed by atoms with Gasteiger partial charge in [0.2, 0.25) is 0 Å². The van der Waals surface area contributed by atoms with Crippen molar-refractivity contribution < 1.29 is 9.13 Å². The maximum atomic E-state index is 13.9. The molecule has 0 saturated carbocycles. The van der Waals surface area contributed by atoms with Crippen LogP contribution in [0.15, 0.2) is 24.3 Å². The van der Waals surface area contributed by atoms with E-state index in [0.29, 0.717) is 36.0 Å². The molecule has 1 aromatic rings. The summed E-state index contributed by atoms with van der Waals surface area (Å²) >= 11 is 5.57. The second-order valence-electron chi connectivity index (χ2n) is 6.46. The van der Waals surface area contributed by atoms with Crippen LogP contribution in [0.3, 0.4) is 0 Å². The molecule has 0 radical (unpaired) electrons. The molecule has 0 spiro atoms. The van der Waals surface area contributed by atoms with Crippen LogP contribution in [-0.4, -0.2) is 60.3 Å². The molecule has 6 heteroatoms. The molecule has 0 aliphatic carbocycles. The third kappa shape index (κ3) is 5.13. The lowest BCUT2D eigenvalue weighted by atomic mass is 10.0. The van der Waals surface area contributed by atoms with Gasteiger partial charge in [-0.15, -0.1) is 0 Å². The molecule has 1 aromatic carbocycles. The Balaban J connectivity index is 2.02. The van der Waals surface area contributed by atoms with Crippen molar-refractivity contribution in [1.29, 1.82) is 0 Å². The van der Waals surface area contributed by atoms with Crippen LogP contribution in [0.25, 0.3) is 0 Å². The van der Waals surface area contributed by atoms with Crippen molar-refractivity contribution in [2.75, 3.05) is 38.7 Å². The van der Waals surface area contributed by atoms with Gasteiger partial charge < -0.3 is 19.9 Å². The van der Waals surface area contributed by atoms with Gasteiger partial charge in [-0.1, -0.05) is 12.1 Å². The van der Waals surface area contributed by atoms with Gasteiger partial charge >= 0.3 is 0 Å². The van der Waals surface area contributed by atoms with Gasteiger partial charge in [-0.2, -0.15) is 0 Å². The van der Waals surface area contributed by atoms with Crippen LogP contribution in [0.2, 0.25) is 0 Å². The van der Waals surface area contributed by atoms with Crippen LogP contribution < -0.4 is 5.32 Å². The number of hydrogen-bond acceptors (Lipinski definition) is 3. The highest BCUT2D eigenvalue weighted by Gasteiger charge is 2.27. The Morgan fingerprint density at radius 2 is 2.04 bits per heavy atom. The summed E-state index contributed by atoms with van der Waals surface area (Å²) in [5.41, 5.74) is 0.421. The first-order valence-electron chi connectivity index (χ1n) is 8.58. The summed E-state index contributed by atoms with van der Waals surface area (Å²) in [6.07, 6.45) is 2.11. The zero-order chi connectivity index (χ0) is 17.5. The first-order valence-corrected chi connectivity index (χ1v) is 8.99. The quantitative estimate of drug-likeness (QED) is 0.792. The topological polar surface area (TPSA) is 27.7 Å². The van der Waals surface area contributed by atoms with E-state index >= 15 is 0 Å². The number of rotatable bonds is 6. The van der Waals surface area contributed by atoms with Crippen LogP contribution in [0.5, 0.6) is 0 Å². The number of nitrogens with one attached hydrogen (secondary N) is 1. The first-order chi connectivity index (χ1) is 11.5. The molecular weight excluding hydrogens is 325 g/mol. The minimum absolute atomic E-state index is 0.291. The van der Waals surface area contributed by atoms with Crippen LogP contribution in [-0.2, 0) is 4.74 Å². The fourth-order valence-corrected chi connectivity index (χ4v) is 3.45. The molecule has 0 atom stereocenters. The average molecular weight is 354 g/mol. The number of para-hydroxylation sites is 1. The molecule has 1 saturated heterocycles. The van der Waals surface area contributed by atoms with Gasteiger partial charge in [-0.25, -0.2) is 4.39 Å². The van der Waals surface area contributed by atoms with E-state index in [-0.39, 0.29) is 5.82 Å². The normalized spacial score (nSPS) is 16.4. The summed E-state index contributed by atoms with van der Waals surface area (Å²) in [5.74, 6) is -0.291. The number of nitrogens with zero attached hydrogens (tertiary/aromatic N) is 2. The van der Waals surface area contributed by atoms with Crippen molar-refractivity contribution in [2.45, 2.75) is 38.8 Å². The van der Waals surface area contributed by atoms with Gasteiger partial charge in [-0.3, -0.25) is 0 Å². The van der Waals surface area contributed by atoms with Crippen LogP contribution in [0, 0.1) is 5.82 Å². The summed E-state index contributed by atoms with van der Waals surface area (Å²) in [5, 5.41) is 3.63. The molecule has 1 N–H and O–H groups in total. The number of halogens is 1. The zero-order valence-electron chi connectivity index (χ0n) is 14.8. The molecular formula is C18H28FN3OS. The van der Waals surface area contributed by atoms with Gasteiger partial charge in [0, 0.05) is 38.8 Å². The van der Waals surface area contributed by atoms with Crippen molar-refractivity contribution in [1.82, 2.24) is 9.80 Å². The zero-order valence-corrected chi connectivity index (χ0v) is 15.6. The number of methoxy groups -OCH3 is 1. The fraction of sp³-hybridized carbons (Fsp3) is 0.611. The Labute approximate surface area is 150 Å². The Morgan fingerprint density at radius 3 is 2.62 bits per heavy atom. The van der Waals surface area contributed by atoms with Gasteiger partial charge in [0.05, 0.1) is 12.3 Å². The maximum absolute atomic E-state index is 13.9. The smallest absolute Gasteiger partial charge is 0.173 e. The monoisotopic (exact) mass is 353 g/mol. The molecule has 1 aliphatic heterocycles. The molecule has 4 nitrogen and oxygen atoms in total. The second-order valence-corrected chi connectivity index (χ2v) is 6.84. The summed E-state index contributed by atoms with van der Waals surface area (Å²) < 4.78 is 19.1. The van der Waals surface area contributed by atoms with Crippen LogP contribution in [0.1, 0.15) is 26.7 Å². The highest BCUT2D eigenvalue weighted by atomic mass is 32.1. The number of anilines is 1. The number of thiocarbonyl (C=S) groups is 1. The SMILES string of the molecule is COCCN(C(=S)Nc1ccccc1F)C1CCN(C(C)C)CC1. The lowest BCUT2D eigenvalue weighted by Crippen LogP contribution is -2.50. The predicted molar refractivity (Wildman–Crippen MR) is 101 cm³/mol. The highest BCUT2D eigenvalue weighted by molar-refractivity contribution is 7.80. The third-order valence-electron chi connectivity index (χ3n) is 4.58. The van der Waals surface area contributed by atoms with E-state index in [0.717, 1.165) is 25.9 Å². The highest BCUT2D eigenvalue weighted by Crippen LogP contribution is 2.20. The van der Waals surface area contributed by atoms with Gasteiger partial charge in [0.15, 0.2) is 5.11 Å². The Hall–Kier alpha value is -1.24. The van der Waals surface area contributed by atoms with Crippen molar-refractivity contribution in [3.8, 4) is 0 Å². The molecule has 134 valence electrons. The molecule has 24 heavy (non-hydrogen) atoms. The van der Waals surface area contributed by atoms with Crippen molar-refractivity contribution >= 4 is 23.0 Å². The lowest BCUT2D eigenvalue weighted by molar-refractivity contribution is 0.108. The minimum atomic E-state index is -0.291. The van der Waals surface area contributed by atoms with Crippen LogP contribution in [0.4, 0.5) is 10.1 Å². The van der Waals surface area contributed by atoms with E-state index in [1.54, 1.807) is 25.3 Å². The fourth-order valence-electron chi connectivity index (χ4n) is 3.10. The van der Waals surface area contributed by atoms with E-state index in [9.17, 15) is 4.39 Å². The minimum Gasteiger partial charge on any atom is -0.383 e. The predicted octanol–water partition coefficient (Wildman–Crippen LogP) is 3.34. The van der Waals surface area contributed by atoms with E-state index in [4.69, 9.17) is 17.0 Å². The number of piperidine rings is 1. The molecule has 0 bridgehead atoms. The number of likely N-dealkylation sites (tertiary alicyclic amines) is 1. The Kier molecular flexibility index (Phi) is 7.40. The Bertz CT molecular complexity index is 533. The summed E-state index contributed by atoms with van der Waals surface area (Å²) in [7, 11) is 1.69. The summed E-state index contributed by atoms with van der Waals surface area (Å²) in [4.78, 5) is 4.64. The molecule has 0 unspecified atom stereocenters. The van der Waals surface area contributed by atoms with E-state index in [1.807, 2.05) is 0 Å². The third-order valence-corrected chi connectivity index (χ3v) is 4.92. The van der Waals surface area contributed by atoms with Crippen molar-refractivity contribution in [3.63, 3.8) is 0 Å².